The molecule has 20 heavy (non-hydrogen) atoms. The van der Waals surface area contributed by atoms with E-state index in [4.69, 9.17) is 0 Å². The summed E-state index contributed by atoms with van der Waals surface area (Å²) in [5.74, 6) is -0.438. The molecule has 4 nitrogen and oxygen atoms in total. The second kappa shape index (κ2) is 6.25. The molecule has 0 aromatic heterocycles. The van der Waals surface area contributed by atoms with Gasteiger partial charge in [-0.1, -0.05) is 45.9 Å². The molecule has 1 aliphatic carbocycles. The van der Waals surface area contributed by atoms with Crippen LogP contribution in [0.2, 0.25) is 0 Å². The maximum atomic E-state index is 12.2. The summed E-state index contributed by atoms with van der Waals surface area (Å²) in [4.78, 5) is 23.0. The van der Waals surface area contributed by atoms with Crippen molar-refractivity contribution >= 4 is 11.8 Å². The first-order valence-electron chi connectivity index (χ1n) is 7.09. The molecule has 0 aromatic carbocycles. The molecule has 1 rings (SSSR count). The number of carbonyl (C=O) groups is 2. The first kappa shape index (κ1) is 16.5. The topological polar surface area (TPSA) is 58.2 Å². The van der Waals surface area contributed by atoms with Crippen molar-refractivity contribution in [3.05, 3.63) is 23.8 Å². The zero-order valence-corrected chi connectivity index (χ0v) is 13.2. The van der Waals surface area contributed by atoms with Gasteiger partial charge in [0.15, 0.2) is 0 Å². The second-order valence-corrected chi connectivity index (χ2v) is 6.72. The summed E-state index contributed by atoms with van der Waals surface area (Å²) in [6.07, 6.45) is 9.45. The molecule has 0 aliphatic heterocycles. The third-order valence-corrected chi connectivity index (χ3v) is 3.63. The summed E-state index contributed by atoms with van der Waals surface area (Å²) in [6.45, 7) is 9.48. The van der Waals surface area contributed by atoms with Crippen molar-refractivity contribution in [1.82, 2.24) is 10.9 Å². The molecule has 112 valence electrons. The third kappa shape index (κ3) is 4.51. The van der Waals surface area contributed by atoms with Gasteiger partial charge in [0, 0.05) is 12.3 Å². The van der Waals surface area contributed by atoms with Gasteiger partial charge in [-0.2, -0.15) is 0 Å². The Morgan fingerprint density at radius 2 is 1.80 bits per heavy atom. The van der Waals surface area contributed by atoms with Crippen LogP contribution in [0.25, 0.3) is 0 Å². The van der Waals surface area contributed by atoms with Crippen LogP contribution in [0.4, 0.5) is 0 Å². The third-order valence-electron chi connectivity index (χ3n) is 3.63. The lowest BCUT2D eigenvalue weighted by atomic mass is 9.70. The number of hydrazine groups is 1. The first-order valence-corrected chi connectivity index (χ1v) is 7.09. The molecular weight excluding hydrogens is 252 g/mol. The Balaban J connectivity index is 2.73. The second-order valence-electron chi connectivity index (χ2n) is 6.72. The number of nitrogens with one attached hydrogen (secondary N) is 2. The largest absolute Gasteiger partial charge is 0.274 e. The van der Waals surface area contributed by atoms with Gasteiger partial charge in [-0.25, -0.2) is 0 Å². The van der Waals surface area contributed by atoms with E-state index in [1.807, 2.05) is 13.8 Å². The summed E-state index contributed by atoms with van der Waals surface area (Å²) in [5.41, 5.74) is 5.47. The number of allylic oxidation sites excluding steroid dienone is 4. The summed E-state index contributed by atoms with van der Waals surface area (Å²) in [6, 6.07) is 0. The standard InChI is InChI=1S/C16H26N2O2/c1-12(19)17-18-14(20)16(4,5)11-15(2,3)13-9-7-6-8-10-13/h7,9-10H,6,8,11H2,1-5H3,(H,17,19)(H,18,20). The molecule has 2 N–H and O–H groups in total. The van der Waals surface area contributed by atoms with E-state index in [1.54, 1.807) is 0 Å². The van der Waals surface area contributed by atoms with E-state index < -0.39 is 5.41 Å². The normalized spacial score (nSPS) is 15.6. The molecule has 0 radical (unpaired) electrons. The highest BCUT2D eigenvalue weighted by molar-refractivity contribution is 5.84. The lowest BCUT2D eigenvalue weighted by Gasteiger charge is -2.35. The summed E-state index contributed by atoms with van der Waals surface area (Å²) >= 11 is 0. The van der Waals surface area contributed by atoms with E-state index in [1.165, 1.54) is 12.5 Å². The fraction of sp³-hybridized carbons (Fsp3) is 0.625. The summed E-state index contributed by atoms with van der Waals surface area (Å²) < 4.78 is 0. The Labute approximate surface area is 121 Å². The molecule has 0 fully saturated rings. The molecule has 0 heterocycles. The molecule has 2 amide bonds. The average molecular weight is 278 g/mol. The Kier molecular flexibility index (Phi) is 5.15. The van der Waals surface area contributed by atoms with Crippen LogP contribution in [0.3, 0.4) is 0 Å². The van der Waals surface area contributed by atoms with Crippen molar-refractivity contribution in [2.75, 3.05) is 0 Å². The lowest BCUT2D eigenvalue weighted by molar-refractivity contribution is -0.134. The van der Waals surface area contributed by atoms with Gasteiger partial charge in [-0.05, 0) is 30.3 Å². The van der Waals surface area contributed by atoms with Crippen molar-refractivity contribution in [2.24, 2.45) is 10.8 Å². The number of hydrogen-bond donors (Lipinski definition) is 2. The Bertz CT molecular complexity index is 445. The highest BCUT2D eigenvalue weighted by Crippen LogP contribution is 2.40. The van der Waals surface area contributed by atoms with Crippen molar-refractivity contribution in [3.63, 3.8) is 0 Å². The molecule has 4 heteroatoms. The number of amides is 2. The van der Waals surface area contributed by atoms with Crippen molar-refractivity contribution in [1.29, 1.82) is 0 Å². The molecule has 0 bridgehead atoms. The van der Waals surface area contributed by atoms with E-state index in [2.05, 4.69) is 42.9 Å². The van der Waals surface area contributed by atoms with Crippen LogP contribution in [0, 0.1) is 10.8 Å². The predicted molar refractivity (Wildman–Crippen MR) is 80.6 cm³/mol. The van der Waals surface area contributed by atoms with E-state index >= 15 is 0 Å². The molecule has 0 spiro atoms. The number of hydrogen-bond acceptors (Lipinski definition) is 2. The van der Waals surface area contributed by atoms with Gasteiger partial charge < -0.3 is 0 Å². The van der Waals surface area contributed by atoms with E-state index in [0.717, 1.165) is 12.8 Å². The Hall–Kier alpha value is -1.58. The molecule has 0 aromatic rings. The van der Waals surface area contributed by atoms with E-state index in [9.17, 15) is 9.59 Å². The van der Waals surface area contributed by atoms with Crippen LogP contribution >= 0.6 is 0 Å². The molecule has 0 saturated heterocycles. The summed E-state index contributed by atoms with van der Waals surface area (Å²) in [5, 5.41) is 0. The fourth-order valence-electron chi connectivity index (χ4n) is 2.72. The van der Waals surface area contributed by atoms with Gasteiger partial charge in [-0.3, -0.25) is 20.4 Å². The van der Waals surface area contributed by atoms with Crippen LogP contribution in [0.5, 0.6) is 0 Å². The SMILES string of the molecule is CC(=O)NNC(=O)C(C)(C)CC(C)(C)C1=CCCC=C1. The van der Waals surface area contributed by atoms with Crippen LogP contribution in [0.1, 0.15) is 53.9 Å². The van der Waals surface area contributed by atoms with Crippen LogP contribution in [0.15, 0.2) is 23.8 Å². The quantitative estimate of drug-likeness (QED) is 0.777. The van der Waals surface area contributed by atoms with Crippen LogP contribution in [-0.2, 0) is 9.59 Å². The fourth-order valence-corrected chi connectivity index (χ4v) is 2.72. The minimum Gasteiger partial charge on any atom is -0.274 e. The molecule has 1 aliphatic rings. The van der Waals surface area contributed by atoms with Gasteiger partial charge in [0.2, 0.25) is 11.8 Å². The number of carbonyl (C=O) groups excluding carboxylic acids is 2. The van der Waals surface area contributed by atoms with Crippen LogP contribution in [-0.4, -0.2) is 11.8 Å². The minimum absolute atomic E-state index is 0.0754. The minimum atomic E-state index is -0.557. The Morgan fingerprint density at radius 3 is 2.30 bits per heavy atom. The average Bonchev–Trinajstić information content (AvgIpc) is 2.35. The first-order chi connectivity index (χ1) is 9.15. The maximum absolute atomic E-state index is 12.2. The summed E-state index contributed by atoms with van der Waals surface area (Å²) in [7, 11) is 0. The lowest BCUT2D eigenvalue weighted by Crippen LogP contribution is -2.48. The predicted octanol–water partition coefficient (Wildman–Crippen LogP) is 2.87. The maximum Gasteiger partial charge on any atom is 0.244 e. The van der Waals surface area contributed by atoms with Gasteiger partial charge in [0.25, 0.3) is 0 Å². The van der Waals surface area contributed by atoms with E-state index in [0.29, 0.717) is 6.42 Å². The van der Waals surface area contributed by atoms with Gasteiger partial charge in [0.05, 0.1) is 0 Å². The number of rotatable bonds is 4. The monoisotopic (exact) mass is 278 g/mol. The van der Waals surface area contributed by atoms with Gasteiger partial charge in [-0.15, -0.1) is 0 Å². The van der Waals surface area contributed by atoms with Crippen molar-refractivity contribution in [2.45, 2.75) is 53.9 Å². The van der Waals surface area contributed by atoms with Crippen LogP contribution < -0.4 is 10.9 Å². The Morgan fingerprint density at radius 1 is 1.15 bits per heavy atom. The molecule has 0 saturated carbocycles. The van der Waals surface area contributed by atoms with E-state index in [-0.39, 0.29) is 17.2 Å². The van der Waals surface area contributed by atoms with Crippen molar-refractivity contribution in [3.8, 4) is 0 Å². The van der Waals surface area contributed by atoms with Gasteiger partial charge >= 0.3 is 0 Å². The highest BCUT2D eigenvalue weighted by Gasteiger charge is 2.36. The molecular formula is C16H26N2O2. The zero-order valence-electron chi connectivity index (χ0n) is 13.2. The van der Waals surface area contributed by atoms with Crippen molar-refractivity contribution < 1.29 is 9.59 Å². The molecule has 0 unspecified atom stereocenters. The zero-order chi connectivity index (χ0) is 15.4. The van der Waals surface area contributed by atoms with Gasteiger partial charge in [0.1, 0.15) is 0 Å². The smallest absolute Gasteiger partial charge is 0.244 e. The molecule has 0 atom stereocenters. The highest BCUT2D eigenvalue weighted by atomic mass is 16.2.